The molecule has 0 aliphatic heterocycles. The van der Waals surface area contributed by atoms with Gasteiger partial charge in [0.25, 0.3) is 5.95 Å². The Balaban J connectivity index is 2.00. The van der Waals surface area contributed by atoms with Crippen molar-refractivity contribution >= 4 is 17.9 Å². The van der Waals surface area contributed by atoms with Gasteiger partial charge in [0, 0.05) is 0 Å². The van der Waals surface area contributed by atoms with Crippen molar-refractivity contribution in [3.63, 3.8) is 0 Å². The first-order chi connectivity index (χ1) is 9.60. The summed E-state index contributed by atoms with van der Waals surface area (Å²) in [5.41, 5.74) is -0.684. The minimum atomic E-state index is -0.912. The zero-order valence-electron chi connectivity index (χ0n) is 11.0. The maximum Gasteiger partial charge on any atom is 0.322 e. The molecule has 1 fully saturated rings. The molecular formula is C12H17N5O3. The quantitative estimate of drug-likeness (QED) is 0.761. The van der Waals surface area contributed by atoms with Gasteiger partial charge < -0.3 is 10.4 Å². The predicted octanol–water partition coefficient (Wildman–Crippen LogP) is 1.17. The van der Waals surface area contributed by atoms with Gasteiger partial charge in [-0.15, -0.1) is 5.10 Å². The van der Waals surface area contributed by atoms with Crippen LogP contribution in [0.5, 0.6) is 0 Å². The standard InChI is InChI=1S/C12H17N5O3/c18-9(19)8-12(4-2-1-3-5-12)16-11(20)15-10-13-6-7-14-17-10/h6-7H,1-5,8H2,(H,18,19)(H2,13,15,16,17,20). The van der Waals surface area contributed by atoms with Crippen molar-refractivity contribution in [1.29, 1.82) is 0 Å². The topological polar surface area (TPSA) is 117 Å². The molecule has 108 valence electrons. The first-order valence-electron chi connectivity index (χ1n) is 6.54. The number of nitrogens with zero attached hydrogens (tertiary/aromatic N) is 3. The van der Waals surface area contributed by atoms with Gasteiger partial charge >= 0.3 is 12.0 Å². The first kappa shape index (κ1) is 14.2. The maximum atomic E-state index is 11.9. The van der Waals surface area contributed by atoms with E-state index in [2.05, 4.69) is 25.8 Å². The molecule has 0 bridgehead atoms. The van der Waals surface area contributed by atoms with Gasteiger partial charge in [0.05, 0.1) is 24.4 Å². The molecule has 20 heavy (non-hydrogen) atoms. The summed E-state index contributed by atoms with van der Waals surface area (Å²) < 4.78 is 0. The molecule has 0 atom stereocenters. The van der Waals surface area contributed by atoms with Crippen molar-refractivity contribution in [2.75, 3.05) is 5.32 Å². The van der Waals surface area contributed by atoms with E-state index in [1.165, 1.54) is 12.4 Å². The second kappa shape index (κ2) is 6.27. The lowest BCUT2D eigenvalue weighted by atomic mass is 9.79. The smallest absolute Gasteiger partial charge is 0.322 e. The van der Waals surface area contributed by atoms with Crippen molar-refractivity contribution in [1.82, 2.24) is 20.5 Å². The maximum absolute atomic E-state index is 11.9. The van der Waals surface area contributed by atoms with E-state index in [4.69, 9.17) is 5.11 Å². The number of nitrogens with one attached hydrogen (secondary N) is 2. The molecule has 1 aromatic rings. The van der Waals surface area contributed by atoms with Crippen LogP contribution < -0.4 is 10.6 Å². The number of carboxylic acids is 1. The largest absolute Gasteiger partial charge is 0.481 e. The summed E-state index contributed by atoms with van der Waals surface area (Å²) in [7, 11) is 0. The summed E-state index contributed by atoms with van der Waals surface area (Å²) in [5.74, 6) is -0.823. The Bertz CT molecular complexity index is 473. The number of anilines is 1. The van der Waals surface area contributed by atoms with Crippen LogP contribution in [0.4, 0.5) is 10.7 Å². The van der Waals surface area contributed by atoms with E-state index in [1.54, 1.807) is 0 Å². The van der Waals surface area contributed by atoms with E-state index in [0.29, 0.717) is 12.8 Å². The van der Waals surface area contributed by atoms with E-state index < -0.39 is 17.5 Å². The Labute approximate surface area is 116 Å². The van der Waals surface area contributed by atoms with Crippen LogP contribution in [0.2, 0.25) is 0 Å². The fourth-order valence-corrected chi connectivity index (χ4v) is 2.54. The number of hydrogen-bond acceptors (Lipinski definition) is 5. The summed E-state index contributed by atoms with van der Waals surface area (Å²) in [4.78, 5) is 26.8. The second-order valence-corrected chi connectivity index (χ2v) is 4.96. The van der Waals surface area contributed by atoms with Gasteiger partial charge in [-0.1, -0.05) is 19.3 Å². The molecule has 0 radical (unpaired) electrons. The highest BCUT2D eigenvalue weighted by molar-refractivity contribution is 5.88. The number of carboxylic acid groups (broad SMARTS) is 1. The van der Waals surface area contributed by atoms with Crippen LogP contribution in [-0.2, 0) is 4.79 Å². The molecule has 2 rings (SSSR count). The van der Waals surface area contributed by atoms with E-state index >= 15 is 0 Å². The minimum absolute atomic E-state index is 0.0751. The molecule has 0 unspecified atom stereocenters. The van der Waals surface area contributed by atoms with Crippen LogP contribution in [0.15, 0.2) is 12.4 Å². The van der Waals surface area contributed by atoms with Crippen molar-refractivity contribution in [2.24, 2.45) is 0 Å². The SMILES string of the molecule is O=C(O)CC1(NC(=O)Nc2nccnn2)CCCCC1. The number of carbonyl (C=O) groups excluding carboxylic acids is 1. The number of amides is 2. The summed E-state index contributed by atoms with van der Waals surface area (Å²) in [6.07, 6.45) is 6.96. The van der Waals surface area contributed by atoms with Crippen LogP contribution in [-0.4, -0.2) is 37.8 Å². The van der Waals surface area contributed by atoms with Gasteiger partial charge in [0.15, 0.2) is 0 Å². The molecule has 1 aliphatic rings. The molecule has 0 saturated heterocycles. The summed E-state index contributed by atoms with van der Waals surface area (Å²) in [6, 6.07) is -0.499. The van der Waals surface area contributed by atoms with Crippen LogP contribution in [0.3, 0.4) is 0 Å². The number of hydrogen-bond donors (Lipinski definition) is 3. The molecule has 2 amide bonds. The van der Waals surface area contributed by atoms with Crippen molar-refractivity contribution in [2.45, 2.75) is 44.1 Å². The molecule has 1 heterocycles. The third-order valence-corrected chi connectivity index (χ3v) is 3.39. The van der Waals surface area contributed by atoms with Gasteiger partial charge in [-0.2, -0.15) is 5.10 Å². The highest BCUT2D eigenvalue weighted by Gasteiger charge is 2.35. The second-order valence-electron chi connectivity index (χ2n) is 4.96. The molecule has 8 nitrogen and oxygen atoms in total. The highest BCUT2D eigenvalue weighted by Crippen LogP contribution is 2.31. The van der Waals surface area contributed by atoms with Crippen molar-refractivity contribution in [3.8, 4) is 0 Å². The Morgan fingerprint density at radius 2 is 2.00 bits per heavy atom. The lowest BCUT2D eigenvalue weighted by Crippen LogP contribution is -2.52. The van der Waals surface area contributed by atoms with Gasteiger partial charge in [0.1, 0.15) is 0 Å². The van der Waals surface area contributed by atoms with E-state index in [0.717, 1.165) is 19.3 Å². The number of urea groups is 1. The van der Waals surface area contributed by atoms with Crippen molar-refractivity contribution < 1.29 is 14.7 Å². The first-order valence-corrected chi connectivity index (χ1v) is 6.54. The normalized spacial score (nSPS) is 17.2. The number of carbonyl (C=O) groups is 2. The average molecular weight is 279 g/mol. The van der Waals surface area contributed by atoms with Crippen LogP contribution in [0.25, 0.3) is 0 Å². The van der Waals surface area contributed by atoms with Crippen LogP contribution in [0.1, 0.15) is 38.5 Å². The Hall–Kier alpha value is -2.25. The van der Waals surface area contributed by atoms with E-state index in [1.807, 2.05) is 0 Å². The molecule has 8 heteroatoms. The summed E-state index contributed by atoms with van der Waals surface area (Å²) in [6.45, 7) is 0. The third kappa shape index (κ3) is 3.87. The van der Waals surface area contributed by atoms with E-state index in [9.17, 15) is 9.59 Å². The summed E-state index contributed by atoms with van der Waals surface area (Å²) >= 11 is 0. The predicted molar refractivity (Wildman–Crippen MR) is 70.1 cm³/mol. The van der Waals surface area contributed by atoms with Gasteiger partial charge in [-0.3, -0.25) is 10.1 Å². The molecule has 0 spiro atoms. The summed E-state index contributed by atoms with van der Waals surface area (Å²) in [5, 5.41) is 21.5. The Morgan fingerprint density at radius 3 is 2.60 bits per heavy atom. The average Bonchev–Trinajstić information content (AvgIpc) is 2.39. The lowest BCUT2D eigenvalue weighted by molar-refractivity contribution is -0.138. The number of aromatic nitrogens is 3. The van der Waals surface area contributed by atoms with Crippen LogP contribution in [0, 0.1) is 0 Å². The van der Waals surface area contributed by atoms with Crippen molar-refractivity contribution in [3.05, 3.63) is 12.4 Å². The molecule has 1 aliphatic carbocycles. The molecule has 1 saturated carbocycles. The lowest BCUT2D eigenvalue weighted by Gasteiger charge is -2.36. The Morgan fingerprint density at radius 1 is 1.25 bits per heavy atom. The van der Waals surface area contributed by atoms with Crippen LogP contribution >= 0.6 is 0 Å². The van der Waals surface area contributed by atoms with E-state index in [-0.39, 0.29) is 12.4 Å². The van der Waals surface area contributed by atoms with Gasteiger partial charge in [0.2, 0.25) is 0 Å². The Kier molecular flexibility index (Phi) is 4.44. The molecule has 0 aromatic carbocycles. The zero-order valence-corrected chi connectivity index (χ0v) is 11.0. The highest BCUT2D eigenvalue weighted by atomic mass is 16.4. The fraction of sp³-hybridized carbons (Fsp3) is 0.583. The molecule has 1 aromatic heterocycles. The minimum Gasteiger partial charge on any atom is -0.481 e. The molecule has 3 N–H and O–H groups in total. The third-order valence-electron chi connectivity index (χ3n) is 3.39. The molecular weight excluding hydrogens is 262 g/mol. The number of aliphatic carboxylic acids is 1. The number of rotatable bonds is 4. The van der Waals surface area contributed by atoms with Gasteiger partial charge in [-0.05, 0) is 12.8 Å². The fourth-order valence-electron chi connectivity index (χ4n) is 2.54. The zero-order chi connectivity index (χ0) is 14.4. The van der Waals surface area contributed by atoms with Gasteiger partial charge in [-0.25, -0.2) is 9.78 Å². The monoisotopic (exact) mass is 279 g/mol.